The summed E-state index contributed by atoms with van der Waals surface area (Å²) in [5.41, 5.74) is -0.958. The van der Waals surface area contributed by atoms with Crippen LogP contribution in [0.3, 0.4) is 0 Å². The molecule has 21 heavy (non-hydrogen) atoms. The SMILES string of the molecule is O=C(O)c1cc(C(F)(F)F)ccc1NCc1csc(=O)[nH]1. The third-order valence-corrected chi connectivity index (χ3v) is 3.34. The standard InChI is InChI=1S/C12H9F3N2O3S/c13-12(14,15)6-1-2-9(8(3-6)10(18)19)16-4-7-5-21-11(20)17-7/h1-3,5,16H,4H2,(H,17,20)(H,18,19). The molecule has 9 heteroatoms. The zero-order valence-corrected chi connectivity index (χ0v) is 11.1. The average molecular weight is 318 g/mol. The van der Waals surface area contributed by atoms with E-state index in [0.29, 0.717) is 11.8 Å². The summed E-state index contributed by atoms with van der Waals surface area (Å²) in [6, 6.07) is 2.42. The molecule has 0 aliphatic heterocycles. The molecule has 3 N–H and O–H groups in total. The summed E-state index contributed by atoms with van der Waals surface area (Å²) in [4.78, 5) is 24.2. The van der Waals surface area contributed by atoms with E-state index in [-0.39, 0.29) is 17.1 Å². The molecule has 2 rings (SSSR count). The van der Waals surface area contributed by atoms with Crippen LogP contribution in [0.25, 0.3) is 0 Å². The first-order valence-electron chi connectivity index (χ1n) is 5.62. The molecule has 0 amide bonds. The molecule has 5 nitrogen and oxygen atoms in total. The molecular formula is C12H9F3N2O3S. The zero-order chi connectivity index (χ0) is 15.6. The molecule has 0 atom stereocenters. The van der Waals surface area contributed by atoms with Gasteiger partial charge in [-0.2, -0.15) is 13.2 Å². The minimum absolute atomic E-state index is 0.0440. The van der Waals surface area contributed by atoms with Crippen LogP contribution >= 0.6 is 11.3 Å². The largest absolute Gasteiger partial charge is 0.478 e. The number of aromatic nitrogens is 1. The van der Waals surface area contributed by atoms with Crippen molar-refractivity contribution in [2.45, 2.75) is 12.7 Å². The molecule has 0 fully saturated rings. The van der Waals surface area contributed by atoms with E-state index in [0.717, 1.165) is 23.5 Å². The Kier molecular flexibility index (Phi) is 4.03. The molecule has 1 aromatic carbocycles. The lowest BCUT2D eigenvalue weighted by atomic mass is 10.1. The quantitative estimate of drug-likeness (QED) is 0.809. The van der Waals surface area contributed by atoms with Crippen LogP contribution < -0.4 is 10.2 Å². The number of anilines is 1. The van der Waals surface area contributed by atoms with E-state index in [2.05, 4.69) is 10.3 Å². The van der Waals surface area contributed by atoms with Crippen molar-refractivity contribution >= 4 is 23.0 Å². The number of alkyl halides is 3. The minimum Gasteiger partial charge on any atom is -0.478 e. The maximum atomic E-state index is 12.6. The smallest absolute Gasteiger partial charge is 0.416 e. The first-order chi connectivity index (χ1) is 9.77. The normalized spacial score (nSPS) is 11.4. The summed E-state index contributed by atoms with van der Waals surface area (Å²) >= 11 is 0.940. The van der Waals surface area contributed by atoms with Crippen molar-refractivity contribution in [3.63, 3.8) is 0 Å². The van der Waals surface area contributed by atoms with Crippen LogP contribution in [0.1, 0.15) is 21.6 Å². The molecule has 112 valence electrons. The van der Waals surface area contributed by atoms with Gasteiger partial charge in [-0.3, -0.25) is 4.79 Å². The summed E-state index contributed by atoms with van der Waals surface area (Å²) in [5.74, 6) is -1.47. The lowest BCUT2D eigenvalue weighted by Crippen LogP contribution is -2.11. The van der Waals surface area contributed by atoms with E-state index in [4.69, 9.17) is 5.11 Å². The van der Waals surface area contributed by atoms with Gasteiger partial charge in [0.1, 0.15) is 0 Å². The second-order valence-electron chi connectivity index (χ2n) is 4.09. The van der Waals surface area contributed by atoms with Crippen LogP contribution in [0.2, 0.25) is 0 Å². The Morgan fingerprint density at radius 2 is 2.10 bits per heavy atom. The summed E-state index contributed by atoms with van der Waals surface area (Å²) in [6.07, 6.45) is -4.61. The number of aromatic carboxylic acids is 1. The Labute approximate surface area is 120 Å². The van der Waals surface area contributed by atoms with Crippen LogP contribution in [0.5, 0.6) is 0 Å². The molecule has 0 aliphatic rings. The molecule has 0 aliphatic carbocycles. The highest BCUT2D eigenvalue weighted by Crippen LogP contribution is 2.32. The third kappa shape index (κ3) is 3.63. The van der Waals surface area contributed by atoms with Gasteiger partial charge in [0, 0.05) is 16.8 Å². The summed E-state index contributed by atoms with van der Waals surface area (Å²) in [7, 11) is 0. The number of carboxylic acid groups (broad SMARTS) is 1. The van der Waals surface area contributed by atoms with Gasteiger partial charge in [0.05, 0.1) is 17.7 Å². The Hall–Kier alpha value is -2.29. The Bertz CT molecular complexity index is 721. The Morgan fingerprint density at radius 3 is 2.62 bits per heavy atom. The monoisotopic (exact) mass is 318 g/mol. The first-order valence-corrected chi connectivity index (χ1v) is 6.50. The van der Waals surface area contributed by atoms with Crippen molar-refractivity contribution in [3.8, 4) is 0 Å². The van der Waals surface area contributed by atoms with Gasteiger partial charge in [0.15, 0.2) is 0 Å². The molecular weight excluding hydrogens is 309 g/mol. The topological polar surface area (TPSA) is 82.2 Å². The maximum Gasteiger partial charge on any atom is 0.416 e. The van der Waals surface area contributed by atoms with Gasteiger partial charge in [-0.05, 0) is 18.2 Å². The number of H-pyrrole nitrogens is 1. The molecule has 0 saturated carbocycles. The van der Waals surface area contributed by atoms with Gasteiger partial charge in [-0.25, -0.2) is 4.79 Å². The molecule has 0 radical (unpaired) electrons. The number of rotatable bonds is 4. The van der Waals surface area contributed by atoms with E-state index < -0.39 is 23.3 Å². The molecule has 1 aromatic heterocycles. The van der Waals surface area contributed by atoms with E-state index in [1.807, 2.05) is 0 Å². The van der Waals surface area contributed by atoms with E-state index in [1.54, 1.807) is 5.38 Å². The van der Waals surface area contributed by atoms with Crippen molar-refractivity contribution in [2.75, 3.05) is 5.32 Å². The second-order valence-corrected chi connectivity index (χ2v) is 4.93. The highest BCUT2D eigenvalue weighted by atomic mass is 32.1. The zero-order valence-electron chi connectivity index (χ0n) is 10.3. The lowest BCUT2D eigenvalue weighted by molar-refractivity contribution is -0.137. The van der Waals surface area contributed by atoms with Crippen molar-refractivity contribution in [2.24, 2.45) is 0 Å². The Morgan fingerprint density at radius 1 is 1.38 bits per heavy atom. The van der Waals surface area contributed by atoms with E-state index >= 15 is 0 Å². The molecule has 2 aromatic rings. The maximum absolute atomic E-state index is 12.6. The molecule has 1 heterocycles. The van der Waals surface area contributed by atoms with Crippen LogP contribution in [-0.4, -0.2) is 16.1 Å². The molecule has 0 spiro atoms. The van der Waals surface area contributed by atoms with Crippen molar-refractivity contribution in [3.05, 3.63) is 50.1 Å². The number of hydrogen-bond acceptors (Lipinski definition) is 4. The van der Waals surface area contributed by atoms with Gasteiger partial charge in [0.2, 0.25) is 0 Å². The summed E-state index contributed by atoms with van der Waals surface area (Å²) in [6.45, 7) is 0.102. The van der Waals surface area contributed by atoms with Crippen molar-refractivity contribution in [1.82, 2.24) is 4.98 Å². The third-order valence-electron chi connectivity index (χ3n) is 2.62. The number of carboxylic acids is 1. The predicted molar refractivity (Wildman–Crippen MR) is 70.7 cm³/mol. The number of nitrogens with one attached hydrogen (secondary N) is 2. The lowest BCUT2D eigenvalue weighted by Gasteiger charge is -2.12. The van der Waals surface area contributed by atoms with Gasteiger partial charge >= 0.3 is 17.0 Å². The fraction of sp³-hybridized carbons (Fsp3) is 0.167. The van der Waals surface area contributed by atoms with Crippen LogP contribution in [0.4, 0.5) is 18.9 Å². The number of benzene rings is 1. The average Bonchev–Trinajstić information content (AvgIpc) is 2.80. The summed E-state index contributed by atoms with van der Waals surface area (Å²) < 4.78 is 37.7. The van der Waals surface area contributed by atoms with Crippen LogP contribution in [0.15, 0.2) is 28.4 Å². The van der Waals surface area contributed by atoms with Crippen LogP contribution in [-0.2, 0) is 12.7 Å². The Balaban J connectivity index is 2.26. The summed E-state index contributed by atoms with van der Waals surface area (Å²) in [5, 5.41) is 13.2. The number of carbonyl (C=O) groups is 1. The second kappa shape index (κ2) is 5.60. The molecule has 0 saturated heterocycles. The number of hydrogen-bond donors (Lipinski definition) is 3. The molecule has 0 unspecified atom stereocenters. The van der Waals surface area contributed by atoms with Gasteiger partial charge < -0.3 is 15.4 Å². The van der Waals surface area contributed by atoms with Gasteiger partial charge in [0.25, 0.3) is 0 Å². The number of thiazole rings is 1. The first kappa shape index (κ1) is 15.1. The van der Waals surface area contributed by atoms with E-state index in [1.165, 1.54) is 0 Å². The van der Waals surface area contributed by atoms with Gasteiger partial charge in [-0.1, -0.05) is 11.3 Å². The fourth-order valence-corrected chi connectivity index (χ4v) is 2.22. The van der Waals surface area contributed by atoms with Crippen LogP contribution in [0, 0.1) is 0 Å². The van der Waals surface area contributed by atoms with Crippen molar-refractivity contribution in [1.29, 1.82) is 0 Å². The highest BCUT2D eigenvalue weighted by molar-refractivity contribution is 7.07. The number of aromatic amines is 1. The minimum atomic E-state index is -4.61. The highest BCUT2D eigenvalue weighted by Gasteiger charge is 2.31. The fourth-order valence-electron chi connectivity index (χ4n) is 1.64. The predicted octanol–water partition coefficient (Wildman–Crippen LogP) is 2.77. The van der Waals surface area contributed by atoms with Crippen molar-refractivity contribution < 1.29 is 23.1 Å². The molecule has 0 bridgehead atoms. The number of halogens is 3. The van der Waals surface area contributed by atoms with Gasteiger partial charge in [-0.15, -0.1) is 0 Å². The van der Waals surface area contributed by atoms with E-state index in [9.17, 15) is 22.8 Å².